The molecule has 0 atom stereocenters. The average molecular weight is 388 g/mol. The molecule has 2 heterocycles. The normalized spacial score (nSPS) is 22.4. The van der Waals surface area contributed by atoms with Gasteiger partial charge in [-0.1, -0.05) is 12.1 Å². The van der Waals surface area contributed by atoms with Crippen molar-refractivity contribution in [1.29, 1.82) is 0 Å². The first-order chi connectivity index (χ1) is 13.8. The van der Waals surface area contributed by atoms with E-state index in [0.717, 1.165) is 76.1 Å². The van der Waals surface area contributed by atoms with Crippen molar-refractivity contribution in [2.24, 2.45) is 5.92 Å². The lowest BCUT2D eigenvalue weighted by Crippen LogP contribution is -2.51. The molecule has 2 saturated heterocycles. The van der Waals surface area contributed by atoms with Crippen LogP contribution in [0.3, 0.4) is 0 Å². The lowest BCUT2D eigenvalue weighted by Gasteiger charge is -2.37. The molecular formula is C22H33N3O3. The number of nitrogens with one attached hydrogen (secondary N) is 1. The van der Waals surface area contributed by atoms with E-state index in [4.69, 9.17) is 9.47 Å². The lowest BCUT2D eigenvalue weighted by atomic mass is 9.99. The molecule has 0 spiro atoms. The van der Waals surface area contributed by atoms with E-state index in [1.165, 1.54) is 25.7 Å². The number of carbonyl (C=O) groups is 1. The zero-order valence-electron chi connectivity index (χ0n) is 16.8. The highest BCUT2D eigenvalue weighted by molar-refractivity contribution is 5.91. The van der Waals surface area contributed by atoms with Gasteiger partial charge in [-0.3, -0.25) is 4.90 Å². The van der Waals surface area contributed by atoms with Gasteiger partial charge in [0.25, 0.3) is 0 Å². The van der Waals surface area contributed by atoms with E-state index >= 15 is 0 Å². The molecule has 6 nitrogen and oxygen atoms in total. The fraction of sp³-hybridized carbons (Fsp3) is 0.682. The fourth-order valence-corrected chi connectivity index (χ4v) is 4.48. The van der Waals surface area contributed by atoms with Crippen molar-refractivity contribution in [2.45, 2.75) is 44.6 Å². The Bertz CT molecular complexity index is 634. The van der Waals surface area contributed by atoms with E-state index in [0.29, 0.717) is 0 Å². The van der Waals surface area contributed by atoms with Gasteiger partial charge in [0.15, 0.2) is 0 Å². The summed E-state index contributed by atoms with van der Waals surface area (Å²) in [4.78, 5) is 17.2. The molecule has 1 N–H and O–H groups in total. The average Bonchev–Trinajstić information content (AvgIpc) is 3.24. The molecule has 6 heteroatoms. The molecule has 3 fully saturated rings. The number of piperazine rings is 1. The Balaban J connectivity index is 1.26. The number of para-hydroxylation sites is 2. The van der Waals surface area contributed by atoms with E-state index in [9.17, 15) is 4.79 Å². The minimum atomic E-state index is -0.0202. The Morgan fingerprint density at radius 1 is 1.04 bits per heavy atom. The summed E-state index contributed by atoms with van der Waals surface area (Å²) in [7, 11) is 0. The number of urea groups is 1. The molecule has 0 radical (unpaired) electrons. The summed E-state index contributed by atoms with van der Waals surface area (Å²) in [6.45, 7) is 6.39. The van der Waals surface area contributed by atoms with Crippen molar-refractivity contribution < 1.29 is 14.3 Å². The Hall–Kier alpha value is -1.79. The largest absolute Gasteiger partial charge is 0.488 e. The van der Waals surface area contributed by atoms with E-state index in [-0.39, 0.29) is 12.1 Å². The van der Waals surface area contributed by atoms with E-state index < -0.39 is 0 Å². The monoisotopic (exact) mass is 387 g/mol. The highest BCUT2D eigenvalue weighted by Crippen LogP contribution is 2.30. The van der Waals surface area contributed by atoms with Gasteiger partial charge in [0.1, 0.15) is 5.75 Å². The van der Waals surface area contributed by atoms with Gasteiger partial charge in [-0.05, 0) is 56.6 Å². The number of anilines is 1. The van der Waals surface area contributed by atoms with Crippen LogP contribution in [0.5, 0.6) is 5.75 Å². The zero-order chi connectivity index (χ0) is 19.2. The summed E-state index contributed by atoms with van der Waals surface area (Å²) in [6.07, 6.45) is 7.30. The smallest absolute Gasteiger partial charge is 0.322 e. The Morgan fingerprint density at radius 2 is 1.75 bits per heavy atom. The number of amides is 2. The van der Waals surface area contributed by atoms with Crippen LogP contribution in [0, 0.1) is 5.92 Å². The summed E-state index contributed by atoms with van der Waals surface area (Å²) < 4.78 is 11.6. The summed E-state index contributed by atoms with van der Waals surface area (Å²) in [6, 6.07) is 7.79. The van der Waals surface area contributed by atoms with Gasteiger partial charge in [-0.25, -0.2) is 4.79 Å². The van der Waals surface area contributed by atoms with Gasteiger partial charge < -0.3 is 19.7 Å². The molecule has 0 unspecified atom stereocenters. The minimum Gasteiger partial charge on any atom is -0.488 e. The van der Waals surface area contributed by atoms with Crippen LogP contribution >= 0.6 is 0 Å². The van der Waals surface area contributed by atoms with Crippen molar-refractivity contribution in [3.8, 4) is 5.75 Å². The maximum absolute atomic E-state index is 12.8. The van der Waals surface area contributed by atoms with Crippen molar-refractivity contribution in [3.05, 3.63) is 24.3 Å². The molecule has 1 aromatic rings. The van der Waals surface area contributed by atoms with Crippen LogP contribution in [-0.4, -0.2) is 67.9 Å². The van der Waals surface area contributed by atoms with Gasteiger partial charge in [0, 0.05) is 45.9 Å². The zero-order valence-corrected chi connectivity index (χ0v) is 16.8. The topological polar surface area (TPSA) is 54.0 Å². The van der Waals surface area contributed by atoms with Gasteiger partial charge in [0.2, 0.25) is 0 Å². The van der Waals surface area contributed by atoms with Crippen LogP contribution in [-0.2, 0) is 4.74 Å². The SMILES string of the molecule is O=C(Nc1ccccc1OC1CCCC1)N1CCN(CC2CCOCC2)CC1. The summed E-state index contributed by atoms with van der Waals surface area (Å²) in [5.74, 6) is 1.54. The second-order valence-corrected chi connectivity index (χ2v) is 8.29. The quantitative estimate of drug-likeness (QED) is 0.839. The first kappa shape index (κ1) is 19.5. The molecule has 0 aromatic heterocycles. The van der Waals surface area contributed by atoms with Crippen LogP contribution in [0.4, 0.5) is 10.5 Å². The van der Waals surface area contributed by atoms with Gasteiger partial charge in [-0.15, -0.1) is 0 Å². The highest BCUT2D eigenvalue weighted by atomic mass is 16.5. The van der Waals surface area contributed by atoms with Crippen LogP contribution in [0.2, 0.25) is 0 Å². The van der Waals surface area contributed by atoms with E-state index in [1.807, 2.05) is 29.2 Å². The maximum atomic E-state index is 12.8. The Labute approximate surface area is 168 Å². The second kappa shape index (κ2) is 9.61. The highest BCUT2D eigenvalue weighted by Gasteiger charge is 2.25. The van der Waals surface area contributed by atoms with Crippen LogP contribution < -0.4 is 10.1 Å². The standard InChI is InChI=1S/C22H33N3O3/c26-22(23-20-7-3-4-8-21(20)28-19-5-1-2-6-19)25-13-11-24(12-14-25)17-18-9-15-27-16-10-18/h3-4,7-8,18-19H,1-2,5-6,9-17H2,(H,23,26). The lowest BCUT2D eigenvalue weighted by molar-refractivity contribution is 0.0457. The van der Waals surface area contributed by atoms with Crippen molar-refractivity contribution >= 4 is 11.7 Å². The number of nitrogens with zero attached hydrogens (tertiary/aromatic N) is 2. The molecule has 0 bridgehead atoms. The van der Waals surface area contributed by atoms with Gasteiger partial charge in [0.05, 0.1) is 11.8 Å². The van der Waals surface area contributed by atoms with Crippen LogP contribution in [0.15, 0.2) is 24.3 Å². The Morgan fingerprint density at radius 3 is 2.50 bits per heavy atom. The summed E-state index contributed by atoms with van der Waals surface area (Å²) in [5, 5.41) is 3.08. The number of hydrogen-bond acceptors (Lipinski definition) is 4. The molecular weight excluding hydrogens is 354 g/mol. The predicted molar refractivity (Wildman–Crippen MR) is 110 cm³/mol. The number of benzene rings is 1. The molecule has 154 valence electrons. The fourth-order valence-electron chi connectivity index (χ4n) is 4.48. The number of rotatable bonds is 5. The number of hydrogen-bond donors (Lipinski definition) is 1. The molecule has 1 aromatic carbocycles. The summed E-state index contributed by atoms with van der Waals surface area (Å²) in [5.41, 5.74) is 0.782. The van der Waals surface area contributed by atoms with Crippen LogP contribution in [0.1, 0.15) is 38.5 Å². The molecule has 1 aliphatic carbocycles. The second-order valence-electron chi connectivity index (χ2n) is 8.29. The van der Waals surface area contributed by atoms with Crippen molar-refractivity contribution in [3.63, 3.8) is 0 Å². The Kier molecular flexibility index (Phi) is 6.70. The van der Waals surface area contributed by atoms with Gasteiger partial charge >= 0.3 is 6.03 Å². The van der Waals surface area contributed by atoms with E-state index in [2.05, 4.69) is 10.2 Å². The first-order valence-electron chi connectivity index (χ1n) is 10.9. The molecule has 3 aliphatic rings. The molecule has 2 amide bonds. The molecule has 1 saturated carbocycles. The third-order valence-electron chi connectivity index (χ3n) is 6.24. The van der Waals surface area contributed by atoms with Crippen LogP contribution in [0.25, 0.3) is 0 Å². The number of ether oxygens (including phenoxy) is 2. The third kappa shape index (κ3) is 5.17. The maximum Gasteiger partial charge on any atom is 0.322 e. The first-order valence-corrected chi connectivity index (χ1v) is 10.9. The van der Waals surface area contributed by atoms with Crippen molar-refractivity contribution in [1.82, 2.24) is 9.80 Å². The summed E-state index contributed by atoms with van der Waals surface area (Å²) >= 11 is 0. The predicted octanol–water partition coefficient (Wildman–Crippen LogP) is 3.58. The molecule has 4 rings (SSSR count). The minimum absolute atomic E-state index is 0.0202. The molecule has 2 aliphatic heterocycles. The number of carbonyl (C=O) groups excluding carboxylic acids is 1. The van der Waals surface area contributed by atoms with Crippen molar-refractivity contribution in [2.75, 3.05) is 51.3 Å². The molecule has 28 heavy (non-hydrogen) atoms. The third-order valence-corrected chi connectivity index (χ3v) is 6.24. The van der Waals surface area contributed by atoms with E-state index in [1.54, 1.807) is 0 Å². The van der Waals surface area contributed by atoms with Gasteiger partial charge in [-0.2, -0.15) is 0 Å².